The van der Waals surface area contributed by atoms with E-state index in [0.29, 0.717) is 12.8 Å². The molecule has 4 nitrogen and oxygen atoms in total. The number of hydrogen-bond donors (Lipinski definition) is 2. The molecule has 0 aliphatic rings. The maximum atomic E-state index is 10.9. The maximum Gasteiger partial charge on any atom is 0.305 e. The van der Waals surface area contributed by atoms with Gasteiger partial charge in [0, 0.05) is 6.42 Å². The van der Waals surface area contributed by atoms with E-state index in [9.17, 15) is 15.0 Å². The van der Waals surface area contributed by atoms with Gasteiger partial charge >= 0.3 is 5.97 Å². The van der Waals surface area contributed by atoms with Crippen LogP contribution >= 0.6 is 0 Å². The van der Waals surface area contributed by atoms with Crippen molar-refractivity contribution in [3.63, 3.8) is 0 Å². The molecule has 2 unspecified atom stereocenters. The van der Waals surface area contributed by atoms with Crippen molar-refractivity contribution in [3.05, 3.63) is 12.2 Å². The van der Waals surface area contributed by atoms with E-state index in [4.69, 9.17) is 0 Å². The largest absolute Gasteiger partial charge is 0.469 e. The van der Waals surface area contributed by atoms with Gasteiger partial charge in [0.05, 0.1) is 19.3 Å². The summed E-state index contributed by atoms with van der Waals surface area (Å²) in [6, 6.07) is 0. The number of aliphatic hydroxyl groups excluding tert-OH is 2. The zero-order valence-corrected chi connectivity index (χ0v) is 15.0. The summed E-state index contributed by atoms with van der Waals surface area (Å²) in [6.45, 7) is 2.19. The van der Waals surface area contributed by atoms with E-state index in [1.807, 2.05) is 0 Å². The molecule has 0 aromatic rings. The SMILES string of the molecule is CCCCCCCC(O)C=CC(O)CCCCCCC(=O)OC. The maximum absolute atomic E-state index is 10.9. The Morgan fingerprint density at radius 2 is 1.35 bits per heavy atom. The highest BCUT2D eigenvalue weighted by Crippen LogP contribution is 2.11. The van der Waals surface area contributed by atoms with Crippen LogP contribution in [0.3, 0.4) is 0 Å². The Hall–Kier alpha value is -0.870. The summed E-state index contributed by atoms with van der Waals surface area (Å²) >= 11 is 0. The summed E-state index contributed by atoms with van der Waals surface area (Å²) < 4.78 is 4.58. The van der Waals surface area contributed by atoms with Gasteiger partial charge in [-0.2, -0.15) is 0 Å². The molecule has 4 heteroatoms. The Labute approximate surface area is 141 Å². The van der Waals surface area contributed by atoms with Crippen LogP contribution in [-0.2, 0) is 9.53 Å². The summed E-state index contributed by atoms with van der Waals surface area (Å²) in [5.41, 5.74) is 0. The topological polar surface area (TPSA) is 66.8 Å². The number of hydrogen-bond acceptors (Lipinski definition) is 4. The van der Waals surface area contributed by atoms with Crippen molar-refractivity contribution < 1.29 is 19.7 Å². The van der Waals surface area contributed by atoms with Gasteiger partial charge in [-0.1, -0.05) is 70.4 Å². The average molecular weight is 328 g/mol. The molecule has 0 radical (unpaired) electrons. The van der Waals surface area contributed by atoms with E-state index in [1.54, 1.807) is 12.2 Å². The molecule has 0 saturated heterocycles. The zero-order chi connectivity index (χ0) is 17.3. The molecule has 0 saturated carbocycles. The van der Waals surface area contributed by atoms with Crippen molar-refractivity contribution in [3.8, 4) is 0 Å². The van der Waals surface area contributed by atoms with Crippen LogP contribution in [0.2, 0.25) is 0 Å². The van der Waals surface area contributed by atoms with E-state index in [2.05, 4.69) is 11.7 Å². The number of carbonyl (C=O) groups is 1. The minimum absolute atomic E-state index is 0.156. The molecule has 23 heavy (non-hydrogen) atoms. The first-order valence-corrected chi connectivity index (χ1v) is 9.21. The van der Waals surface area contributed by atoms with Gasteiger partial charge < -0.3 is 14.9 Å². The lowest BCUT2D eigenvalue weighted by Gasteiger charge is -2.08. The third-order valence-corrected chi connectivity index (χ3v) is 4.02. The first kappa shape index (κ1) is 22.1. The highest BCUT2D eigenvalue weighted by molar-refractivity contribution is 5.68. The minimum Gasteiger partial charge on any atom is -0.469 e. The number of aliphatic hydroxyl groups is 2. The fourth-order valence-electron chi connectivity index (χ4n) is 2.48. The summed E-state index contributed by atoms with van der Waals surface area (Å²) in [5.74, 6) is -0.156. The van der Waals surface area contributed by atoms with Crippen LogP contribution < -0.4 is 0 Å². The average Bonchev–Trinajstić information content (AvgIpc) is 2.55. The van der Waals surface area contributed by atoms with Gasteiger partial charge in [0.25, 0.3) is 0 Å². The molecule has 136 valence electrons. The number of unbranched alkanes of at least 4 members (excludes halogenated alkanes) is 7. The Morgan fingerprint density at radius 1 is 0.870 bits per heavy atom. The highest BCUT2D eigenvalue weighted by Gasteiger charge is 2.03. The Balaban J connectivity index is 3.52. The van der Waals surface area contributed by atoms with Gasteiger partial charge in [-0.05, 0) is 19.3 Å². The zero-order valence-electron chi connectivity index (χ0n) is 15.0. The summed E-state index contributed by atoms with van der Waals surface area (Å²) in [4.78, 5) is 10.9. The van der Waals surface area contributed by atoms with Gasteiger partial charge in [0.2, 0.25) is 0 Å². The van der Waals surface area contributed by atoms with Gasteiger partial charge in [0.1, 0.15) is 0 Å². The Morgan fingerprint density at radius 3 is 1.83 bits per heavy atom. The molecule has 0 bridgehead atoms. The summed E-state index contributed by atoms with van der Waals surface area (Å²) in [5, 5.41) is 19.7. The van der Waals surface area contributed by atoms with Gasteiger partial charge in [-0.3, -0.25) is 4.79 Å². The Bertz CT molecular complexity index is 302. The molecule has 0 spiro atoms. The number of esters is 1. The molecular weight excluding hydrogens is 292 g/mol. The molecule has 0 aliphatic heterocycles. The van der Waals surface area contributed by atoms with E-state index in [0.717, 1.165) is 38.5 Å². The quantitative estimate of drug-likeness (QED) is 0.269. The molecule has 0 fully saturated rings. The first-order valence-electron chi connectivity index (χ1n) is 9.21. The summed E-state index contributed by atoms with van der Waals surface area (Å²) in [6.07, 6.45) is 14.2. The van der Waals surface area contributed by atoms with Crippen molar-refractivity contribution in [2.24, 2.45) is 0 Å². The second-order valence-corrected chi connectivity index (χ2v) is 6.25. The van der Waals surface area contributed by atoms with Gasteiger partial charge in [-0.25, -0.2) is 0 Å². The van der Waals surface area contributed by atoms with Crippen LogP contribution in [0.1, 0.15) is 84.0 Å². The van der Waals surface area contributed by atoms with Crippen LogP contribution in [0.15, 0.2) is 12.2 Å². The van der Waals surface area contributed by atoms with Crippen molar-refractivity contribution in [2.45, 2.75) is 96.2 Å². The molecule has 2 atom stereocenters. The van der Waals surface area contributed by atoms with Crippen LogP contribution in [0.25, 0.3) is 0 Å². The molecule has 0 aromatic heterocycles. The van der Waals surface area contributed by atoms with Crippen molar-refractivity contribution in [1.82, 2.24) is 0 Å². The predicted octanol–water partition coefficient (Wildman–Crippen LogP) is 4.14. The van der Waals surface area contributed by atoms with E-state index in [-0.39, 0.29) is 5.97 Å². The van der Waals surface area contributed by atoms with Gasteiger partial charge in [0.15, 0.2) is 0 Å². The second-order valence-electron chi connectivity index (χ2n) is 6.25. The molecule has 0 aliphatic carbocycles. The predicted molar refractivity (Wildman–Crippen MR) is 94.2 cm³/mol. The normalized spacial score (nSPS) is 14.1. The van der Waals surface area contributed by atoms with E-state index in [1.165, 1.54) is 32.8 Å². The summed E-state index contributed by atoms with van der Waals surface area (Å²) in [7, 11) is 1.41. The van der Waals surface area contributed by atoms with Crippen molar-refractivity contribution in [1.29, 1.82) is 0 Å². The van der Waals surface area contributed by atoms with E-state index >= 15 is 0 Å². The number of methoxy groups -OCH3 is 1. The Kier molecular flexibility index (Phi) is 15.4. The van der Waals surface area contributed by atoms with E-state index < -0.39 is 12.2 Å². The first-order chi connectivity index (χ1) is 11.1. The lowest BCUT2D eigenvalue weighted by molar-refractivity contribution is -0.140. The molecular formula is C19H36O4. The number of rotatable bonds is 15. The molecule has 2 N–H and O–H groups in total. The fraction of sp³-hybridized carbons (Fsp3) is 0.842. The number of ether oxygens (including phenoxy) is 1. The number of carbonyl (C=O) groups excluding carboxylic acids is 1. The monoisotopic (exact) mass is 328 g/mol. The lowest BCUT2D eigenvalue weighted by atomic mass is 10.1. The van der Waals surface area contributed by atoms with Crippen LogP contribution in [0, 0.1) is 0 Å². The second kappa shape index (κ2) is 16.0. The minimum atomic E-state index is -0.481. The smallest absolute Gasteiger partial charge is 0.305 e. The highest BCUT2D eigenvalue weighted by atomic mass is 16.5. The van der Waals surface area contributed by atoms with Crippen LogP contribution in [0.4, 0.5) is 0 Å². The standard InChI is InChI=1S/C19H36O4/c1-3-4-5-6-9-12-17(20)15-16-18(21)13-10-7-8-11-14-19(22)23-2/h15-18,20-21H,3-14H2,1-2H3. The lowest BCUT2D eigenvalue weighted by Crippen LogP contribution is -2.06. The van der Waals surface area contributed by atoms with Crippen LogP contribution in [0.5, 0.6) is 0 Å². The third-order valence-electron chi connectivity index (χ3n) is 4.02. The van der Waals surface area contributed by atoms with Crippen LogP contribution in [-0.4, -0.2) is 35.5 Å². The van der Waals surface area contributed by atoms with Crippen molar-refractivity contribution in [2.75, 3.05) is 7.11 Å². The molecule has 0 amide bonds. The fourth-order valence-corrected chi connectivity index (χ4v) is 2.48. The molecule has 0 rings (SSSR count). The molecule has 0 heterocycles. The molecule has 0 aromatic carbocycles. The van der Waals surface area contributed by atoms with Gasteiger partial charge in [-0.15, -0.1) is 0 Å². The third kappa shape index (κ3) is 15.8. The van der Waals surface area contributed by atoms with Crippen molar-refractivity contribution >= 4 is 5.97 Å².